The summed E-state index contributed by atoms with van der Waals surface area (Å²) in [5.74, 6) is -0.0817. The Morgan fingerprint density at radius 3 is 2.07 bits per heavy atom. The fourth-order valence-electron chi connectivity index (χ4n) is 5.28. The van der Waals surface area contributed by atoms with Crippen LogP contribution in [0.4, 0.5) is 4.79 Å². The van der Waals surface area contributed by atoms with Crippen LogP contribution in [0.15, 0.2) is 96.1 Å². The summed E-state index contributed by atoms with van der Waals surface area (Å²) in [6.07, 6.45) is 1.00. The van der Waals surface area contributed by atoms with Crippen LogP contribution in [0, 0.1) is 5.92 Å². The van der Waals surface area contributed by atoms with Gasteiger partial charge in [-0.15, -0.1) is 0 Å². The highest BCUT2D eigenvalue weighted by atomic mass is 16.7. The van der Waals surface area contributed by atoms with Crippen LogP contribution in [0.5, 0.6) is 0 Å². The third-order valence-electron chi connectivity index (χ3n) is 7.65. The van der Waals surface area contributed by atoms with Crippen molar-refractivity contribution in [2.24, 2.45) is 11.0 Å². The average molecular weight is 587 g/mol. The van der Waals surface area contributed by atoms with E-state index in [2.05, 4.69) is 10.0 Å². The third kappa shape index (κ3) is 10.1. The molecule has 9 nitrogen and oxygen atoms in total. The van der Waals surface area contributed by atoms with E-state index in [4.69, 9.17) is 18.9 Å². The van der Waals surface area contributed by atoms with E-state index in [1.165, 1.54) is 0 Å². The van der Waals surface area contributed by atoms with Crippen molar-refractivity contribution in [1.29, 1.82) is 0 Å². The van der Waals surface area contributed by atoms with Crippen LogP contribution < -0.4 is 0 Å². The van der Waals surface area contributed by atoms with E-state index < -0.39 is 12.3 Å². The minimum Gasteiger partial charge on any atom is -0.445 e. The lowest BCUT2D eigenvalue weighted by atomic mass is 9.89. The highest BCUT2D eigenvalue weighted by Crippen LogP contribution is 2.32. The Labute approximate surface area is 254 Å². The van der Waals surface area contributed by atoms with E-state index in [9.17, 15) is 10.3 Å². The van der Waals surface area contributed by atoms with Crippen molar-refractivity contribution >= 4 is 6.09 Å². The molecule has 3 aromatic carbocycles. The molecule has 1 aliphatic heterocycles. The molecule has 1 fully saturated rings. The lowest BCUT2D eigenvalue weighted by molar-refractivity contribution is -0.251. The molecule has 2 unspecified atom stereocenters. The van der Waals surface area contributed by atoms with E-state index in [1.54, 1.807) is 4.90 Å². The monoisotopic (exact) mass is 586 g/mol. The highest BCUT2D eigenvalue weighted by molar-refractivity contribution is 5.67. The molecule has 0 bridgehead atoms. The van der Waals surface area contributed by atoms with Crippen LogP contribution in [-0.2, 0) is 38.7 Å². The molecule has 3 aromatic rings. The first-order valence-electron chi connectivity index (χ1n) is 15.0. The molecule has 0 aromatic heterocycles. The van der Waals surface area contributed by atoms with E-state index in [0.29, 0.717) is 26.3 Å². The molecule has 0 aliphatic carbocycles. The largest absolute Gasteiger partial charge is 0.445 e. The van der Waals surface area contributed by atoms with Gasteiger partial charge in [0.25, 0.3) is 0 Å². The van der Waals surface area contributed by atoms with Crippen LogP contribution in [0.3, 0.4) is 0 Å². The predicted molar refractivity (Wildman–Crippen MR) is 165 cm³/mol. The summed E-state index contributed by atoms with van der Waals surface area (Å²) in [5.41, 5.74) is 12.3. The first-order chi connectivity index (χ1) is 21.0. The first-order valence-corrected chi connectivity index (χ1v) is 15.0. The van der Waals surface area contributed by atoms with Gasteiger partial charge in [-0.2, -0.15) is 0 Å². The van der Waals surface area contributed by atoms with Gasteiger partial charge in [0.15, 0.2) is 6.29 Å². The van der Waals surface area contributed by atoms with Gasteiger partial charge in [-0.05, 0) is 54.3 Å². The van der Waals surface area contributed by atoms with Gasteiger partial charge in [0, 0.05) is 24.6 Å². The summed E-state index contributed by atoms with van der Waals surface area (Å²) >= 11 is 0. The molecule has 5 atom stereocenters. The van der Waals surface area contributed by atoms with Crippen molar-refractivity contribution < 1.29 is 23.7 Å². The van der Waals surface area contributed by atoms with Gasteiger partial charge in [-0.3, -0.25) is 0 Å². The Bertz CT molecular complexity index is 1270. The van der Waals surface area contributed by atoms with Gasteiger partial charge in [0.05, 0.1) is 24.9 Å². The van der Waals surface area contributed by atoms with Gasteiger partial charge in [0.1, 0.15) is 6.61 Å². The predicted octanol–water partition coefficient (Wildman–Crippen LogP) is 7.66. The second kappa shape index (κ2) is 17.3. The van der Waals surface area contributed by atoms with Gasteiger partial charge in [-0.1, -0.05) is 103 Å². The molecule has 9 heteroatoms. The van der Waals surface area contributed by atoms with Gasteiger partial charge >= 0.3 is 6.09 Å². The molecule has 1 amide bonds. The number of benzene rings is 3. The van der Waals surface area contributed by atoms with Crippen molar-refractivity contribution in [3.63, 3.8) is 0 Å². The Morgan fingerprint density at radius 2 is 1.44 bits per heavy atom. The zero-order valence-corrected chi connectivity index (χ0v) is 25.0. The lowest BCUT2D eigenvalue weighted by Crippen LogP contribution is -2.53. The average Bonchev–Trinajstić information content (AvgIpc) is 3.04. The summed E-state index contributed by atoms with van der Waals surface area (Å²) in [6, 6.07) is 29.1. The summed E-state index contributed by atoms with van der Waals surface area (Å²) in [4.78, 5) is 17.8. The number of unbranched alkanes of at least 4 members (excludes halogenated alkanes) is 2. The zero-order valence-electron chi connectivity index (χ0n) is 25.0. The topological polar surface area (TPSA) is 106 Å². The highest BCUT2D eigenvalue weighted by Gasteiger charge is 2.42. The van der Waals surface area contributed by atoms with Crippen molar-refractivity contribution in [3.05, 3.63) is 118 Å². The second-order valence-electron chi connectivity index (χ2n) is 10.9. The summed E-state index contributed by atoms with van der Waals surface area (Å²) < 4.78 is 24.1. The number of ether oxygens (including phenoxy) is 4. The maximum atomic E-state index is 13.0. The summed E-state index contributed by atoms with van der Waals surface area (Å²) in [7, 11) is 0. The molecule has 228 valence electrons. The Morgan fingerprint density at radius 1 is 0.837 bits per heavy atom. The molecule has 0 saturated carbocycles. The molecule has 43 heavy (non-hydrogen) atoms. The number of nitrogens with zero attached hydrogens (tertiary/aromatic N) is 4. The minimum atomic E-state index is -0.639. The fraction of sp³-hybridized carbons (Fsp3) is 0.441. The van der Waals surface area contributed by atoms with E-state index in [-0.39, 0.29) is 30.8 Å². The van der Waals surface area contributed by atoms with Gasteiger partial charge in [-0.25, -0.2) is 4.79 Å². The van der Waals surface area contributed by atoms with E-state index in [0.717, 1.165) is 36.0 Å². The first kappa shape index (κ1) is 32.0. The SMILES string of the molecule is CC1O[C@@H](OCCCCCN(Cc2ccccc2)C(=O)OCc2ccccc2)C(N=[N+]=[N-])[C@@H](C)[C@@H]1OCc1ccccc1. The number of carbonyl (C=O) groups is 1. The van der Waals surface area contributed by atoms with Crippen molar-refractivity contribution in [2.75, 3.05) is 13.2 Å². The summed E-state index contributed by atoms with van der Waals surface area (Å²) in [6.45, 7) is 6.18. The number of amides is 1. The van der Waals surface area contributed by atoms with Gasteiger partial charge in [0.2, 0.25) is 0 Å². The van der Waals surface area contributed by atoms with Crippen LogP contribution in [0.2, 0.25) is 0 Å². The van der Waals surface area contributed by atoms with Crippen LogP contribution in [-0.4, -0.2) is 48.7 Å². The van der Waals surface area contributed by atoms with Crippen LogP contribution in [0.25, 0.3) is 10.4 Å². The Kier molecular flexibility index (Phi) is 12.9. The summed E-state index contributed by atoms with van der Waals surface area (Å²) in [5, 5.41) is 4.02. The third-order valence-corrected chi connectivity index (χ3v) is 7.65. The molecule has 0 radical (unpaired) electrons. The molecule has 4 rings (SSSR count). The smallest absolute Gasteiger partial charge is 0.410 e. The molecular formula is C34H42N4O5. The normalized spacial score (nSPS) is 21.5. The molecule has 1 heterocycles. The molecule has 0 spiro atoms. The van der Waals surface area contributed by atoms with Crippen LogP contribution in [0.1, 0.15) is 49.8 Å². The standard InChI is InChI=1S/C34H42N4O5/c1-26-31(36-37-35)33(43-27(2)32(26)41-24-29-17-9-4-10-18-29)40-22-14-6-13-21-38(23-28-15-7-3-8-16-28)34(39)42-25-30-19-11-5-12-20-30/h3-5,7-12,15-20,26-27,31-33H,6,13-14,21-25H2,1-2H3/t26-,27?,31?,32+,33-/m1/s1. The number of azide groups is 1. The maximum Gasteiger partial charge on any atom is 0.410 e. The van der Waals surface area contributed by atoms with Gasteiger partial charge < -0.3 is 23.8 Å². The molecule has 0 N–H and O–H groups in total. The minimum absolute atomic E-state index is 0.0817. The number of rotatable bonds is 15. The molecule has 1 saturated heterocycles. The van der Waals surface area contributed by atoms with Crippen molar-refractivity contribution in [3.8, 4) is 0 Å². The Balaban J connectivity index is 1.23. The quantitative estimate of drug-likeness (QED) is 0.0787. The zero-order chi connectivity index (χ0) is 30.3. The van der Waals surface area contributed by atoms with E-state index >= 15 is 0 Å². The second-order valence-corrected chi connectivity index (χ2v) is 10.9. The fourth-order valence-corrected chi connectivity index (χ4v) is 5.28. The maximum absolute atomic E-state index is 13.0. The number of carbonyl (C=O) groups excluding carboxylic acids is 1. The number of hydrogen-bond donors (Lipinski definition) is 0. The Hall–Kier alpha value is -3.88. The van der Waals surface area contributed by atoms with Crippen molar-refractivity contribution in [1.82, 2.24) is 4.90 Å². The van der Waals surface area contributed by atoms with Crippen LogP contribution >= 0.6 is 0 Å². The lowest BCUT2D eigenvalue weighted by Gasteiger charge is -2.42. The van der Waals surface area contributed by atoms with Crippen molar-refractivity contribution in [2.45, 2.75) is 77.4 Å². The van der Waals surface area contributed by atoms with E-state index in [1.807, 2.05) is 105 Å². The molecule has 1 aliphatic rings. The number of hydrogen-bond acceptors (Lipinski definition) is 6. The molecular weight excluding hydrogens is 544 g/mol.